The van der Waals surface area contributed by atoms with Crippen LogP contribution in [0, 0.1) is 11.3 Å². The summed E-state index contributed by atoms with van der Waals surface area (Å²) in [5.74, 6) is 0. The number of hydrogen-bond acceptors (Lipinski definition) is 3. The average Bonchev–Trinajstić information content (AvgIpc) is 2.25. The third-order valence-electron chi connectivity index (χ3n) is 2.37. The second-order valence-corrected chi connectivity index (χ2v) is 4.75. The molecule has 0 aromatic heterocycles. The fourth-order valence-corrected chi connectivity index (χ4v) is 1.79. The van der Waals surface area contributed by atoms with E-state index in [2.05, 4.69) is 22.0 Å². The summed E-state index contributed by atoms with van der Waals surface area (Å²) in [5.41, 5.74) is 1.54. The van der Waals surface area contributed by atoms with Gasteiger partial charge in [-0.1, -0.05) is 15.9 Å². The van der Waals surface area contributed by atoms with Crippen molar-refractivity contribution in [3.8, 4) is 6.07 Å². The molecule has 86 valence electrons. The largest absolute Gasteiger partial charge is 0.393 e. The average molecular weight is 283 g/mol. The number of rotatable bonds is 4. The van der Waals surface area contributed by atoms with Crippen LogP contribution in [-0.4, -0.2) is 24.8 Å². The van der Waals surface area contributed by atoms with Gasteiger partial charge in [0.1, 0.15) is 6.07 Å². The number of benzene rings is 1. The number of anilines is 1. The van der Waals surface area contributed by atoms with Crippen LogP contribution in [0.5, 0.6) is 0 Å². The van der Waals surface area contributed by atoms with Crippen molar-refractivity contribution in [3.05, 3.63) is 28.2 Å². The van der Waals surface area contributed by atoms with Crippen LogP contribution in [0.4, 0.5) is 5.69 Å². The van der Waals surface area contributed by atoms with Crippen molar-refractivity contribution in [1.82, 2.24) is 0 Å². The van der Waals surface area contributed by atoms with Gasteiger partial charge in [0.05, 0.1) is 17.4 Å². The molecule has 0 heterocycles. The molecule has 3 nitrogen and oxygen atoms in total. The molecule has 0 radical (unpaired) electrons. The van der Waals surface area contributed by atoms with E-state index in [1.165, 1.54) is 0 Å². The minimum absolute atomic E-state index is 0.316. The van der Waals surface area contributed by atoms with Gasteiger partial charge in [-0.3, -0.25) is 0 Å². The summed E-state index contributed by atoms with van der Waals surface area (Å²) in [5, 5.41) is 18.2. The zero-order valence-electron chi connectivity index (χ0n) is 9.44. The highest BCUT2D eigenvalue weighted by Crippen LogP contribution is 2.23. The predicted octanol–water partition coefficient (Wildman–Crippen LogP) is 2.53. The van der Waals surface area contributed by atoms with Crippen molar-refractivity contribution in [3.63, 3.8) is 0 Å². The third kappa shape index (κ3) is 3.51. The Bertz CT molecular complexity index is 398. The summed E-state index contributed by atoms with van der Waals surface area (Å²) in [6, 6.07) is 7.79. The maximum absolute atomic E-state index is 9.22. The van der Waals surface area contributed by atoms with E-state index in [0.29, 0.717) is 12.0 Å². The molecule has 1 aromatic carbocycles. The predicted molar refractivity (Wildman–Crippen MR) is 68.4 cm³/mol. The smallest absolute Gasteiger partial charge is 0.101 e. The third-order valence-corrected chi connectivity index (χ3v) is 2.87. The van der Waals surface area contributed by atoms with E-state index >= 15 is 0 Å². The highest BCUT2D eigenvalue weighted by atomic mass is 79.9. The van der Waals surface area contributed by atoms with Crippen LogP contribution in [0.25, 0.3) is 0 Å². The van der Waals surface area contributed by atoms with E-state index in [0.717, 1.165) is 16.7 Å². The molecule has 1 N–H and O–H groups in total. The lowest BCUT2D eigenvalue weighted by atomic mass is 10.1. The molecule has 0 spiro atoms. The molecule has 0 aliphatic heterocycles. The van der Waals surface area contributed by atoms with Gasteiger partial charge in [0.2, 0.25) is 0 Å². The maximum Gasteiger partial charge on any atom is 0.101 e. The molecular weight excluding hydrogens is 268 g/mol. The van der Waals surface area contributed by atoms with E-state index in [1.807, 2.05) is 24.1 Å². The summed E-state index contributed by atoms with van der Waals surface area (Å²) in [7, 11) is 1.92. The summed E-state index contributed by atoms with van der Waals surface area (Å²) < 4.78 is 0.900. The molecule has 1 atom stereocenters. The molecule has 0 saturated heterocycles. The lowest BCUT2D eigenvalue weighted by molar-refractivity contribution is 0.187. The van der Waals surface area contributed by atoms with E-state index in [1.54, 1.807) is 13.0 Å². The van der Waals surface area contributed by atoms with Gasteiger partial charge in [-0.05, 0) is 31.5 Å². The summed E-state index contributed by atoms with van der Waals surface area (Å²) in [6.07, 6.45) is 0.376. The summed E-state index contributed by atoms with van der Waals surface area (Å²) in [4.78, 5) is 1.98. The Balaban J connectivity index is 2.83. The first kappa shape index (κ1) is 13.0. The topological polar surface area (TPSA) is 47.3 Å². The van der Waals surface area contributed by atoms with Gasteiger partial charge in [-0.2, -0.15) is 5.26 Å². The number of nitriles is 1. The fraction of sp³-hybridized carbons (Fsp3) is 0.417. The Kier molecular flexibility index (Phi) is 4.78. The van der Waals surface area contributed by atoms with E-state index < -0.39 is 0 Å². The summed E-state index contributed by atoms with van der Waals surface area (Å²) >= 11 is 3.34. The molecule has 1 rings (SSSR count). The highest BCUT2D eigenvalue weighted by Gasteiger charge is 2.08. The molecule has 0 bridgehead atoms. The molecular formula is C12H15BrN2O. The first-order valence-corrected chi connectivity index (χ1v) is 5.92. The Morgan fingerprint density at radius 3 is 2.81 bits per heavy atom. The standard InChI is InChI=1S/C12H15BrN2O/c1-9(16)5-6-15(2)12-4-3-11(13)7-10(12)8-14/h3-4,7,9,16H,5-6H2,1-2H3. The van der Waals surface area contributed by atoms with Gasteiger partial charge in [0.15, 0.2) is 0 Å². The SMILES string of the molecule is CC(O)CCN(C)c1ccc(Br)cc1C#N. The number of nitrogens with zero attached hydrogens (tertiary/aromatic N) is 2. The molecule has 0 amide bonds. The van der Waals surface area contributed by atoms with Gasteiger partial charge < -0.3 is 10.0 Å². The van der Waals surface area contributed by atoms with Crippen molar-refractivity contribution in [2.24, 2.45) is 0 Å². The minimum Gasteiger partial charge on any atom is -0.393 e. The van der Waals surface area contributed by atoms with Crippen LogP contribution in [0.3, 0.4) is 0 Å². The van der Waals surface area contributed by atoms with Crippen LogP contribution in [0.15, 0.2) is 22.7 Å². The van der Waals surface area contributed by atoms with Gasteiger partial charge in [0.25, 0.3) is 0 Å². The molecule has 0 fully saturated rings. The van der Waals surface area contributed by atoms with E-state index in [-0.39, 0.29) is 6.10 Å². The fourth-order valence-electron chi connectivity index (χ4n) is 1.43. The monoisotopic (exact) mass is 282 g/mol. The van der Waals surface area contributed by atoms with Crippen LogP contribution in [-0.2, 0) is 0 Å². The number of aliphatic hydroxyl groups excluding tert-OH is 1. The van der Waals surface area contributed by atoms with Crippen LogP contribution in [0.2, 0.25) is 0 Å². The molecule has 1 unspecified atom stereocenters. The molecule has 4 heteroatoms. The van der Waals surface area contributed by atoms with Crippen LogP contribution >= 0.6 is 15.9 Å². The van der Waals surface area contributed by atoms with Crippen molar-refractivity contribution >= 4 is 21.6 Å². The number of halogens is 1. The minimum atomic E-state index is -0.316. The molecule has 0 aliphatic carbocycles. The first-order valence-electron chi connectivity index (χ1n) is 5.13. The lowest BCUT2D eigenvalue weighted by Gasteiger charge is -2.21. The van der Waals surface area contributed by atoms with Crippen molar-refractivity contribution in [2.45, 2.75) is 19.4 Å². The quantitative estimate of drug-likeness (QED) is 0.923. The number of hydrogen-bond donors (Lipinski definition) is 1. The molecule has 16 heavy (non-hydrogen) atoms. The Morgan fingerprint density at radius 1 is 1.56 bits per heavy atom. The van der Waals surface area contributed by atoms with Gasteiger partial charge in [-0.25, -0.2) is 0 Å². The Labute approximate surface area is 104 Å². The zero-order valence-corrected chi connectivity index (χ0v) is 11.0. The molecule has 0 aliphatic rings. The van der Waals surface area contributed by atoms with E-state index in [4.69, 9.17) is 5.26 Å². The van der Waals surface area contributed by atoms with Gasteiger partial charge >= 0.3 is 0 Å². The Morgan fingerprint density at radius 2 is 2.25 bits per heavy atom. The van der Waals surface area contributed by atoms with Crippen LogP contribution in [0.1, 0.15) is 18.9 Å². The Hall–Kier alpha value is -1.05. The molecule has 0 saturated carbocycles. The normalized spacial score (nSPS) is 11.9. The second-order valence-electron chi connectivity index (χ2n) is 3.83. The zero-order chi connectivity index (χ0) is 12.1. The second kappa shape index (κ2) is 5.88. The van der Waals surface area contributed by atoms with Crippen molar-refractivity contribution in [1.29, 1.82) is 5.26 Å². The van der Waals surface area contributed by atoms with Crippen molar-refractivity contribution in [2.75, 3.05) is 18.5 Å². The number of aliphatic hydroxyl groups is 1. The summed E-state index contributed by atoms with van der Waals surface area (Å²) in [6.45, 7) is 2.49. The van der Waals surface area contributed by atoms with Gasteiger partial charge in [-0.15, -0.1) is 0 Å². The highest BCUT2D eigenvalue weighted by molar-refractivity contribution is 9.10. The maximum atomic E-state index is 9.22. The molecule has 1 aromatic rings. The lowest BCUT2D eigenvalue weighted by Crippen LogP contribution is -2.22. The van der Waals surface area contributed by atoms with E-state index in [9.17, 15) is 5.11 Å². The first-order chi connectivity index (χ1) is 7.54. The van der Waals surface area contributed by atoms with Crippen molar-refractivity contribution < 1.29 is 5.11 Å². The van der Waals surface area contributed by atoms with Gasteiger partial charge in [0, 0.05) is 18.1 Å². The van der Waals surface area contributed by atoms with Crippen LogP contribution < -0.4 is 4.90 Å².